The number of unbranched alkanes of at least 4 members (excludes halogenated alkanes) is 8. The van der Waals surface area contributed by atoms with Crippen LogP contribution in [0.15, 0.2) is 0 Å². The number of thiol groups is 1. The highest BCUT2D eigenvalue weighted by Crippen LogP contribution is 2.36. The largest absolute Gasteiger partial charge is 0.332 e. The summed E-state index contributed by atoms with van der Waals surface area (Å²) in [4.78, 5) is 39.3. The molecule has 1 heterocycles. The third kappa shape index (κ3) is 5.47. The first-order chi connectivity index (χ1) is 11.9. The Kier molecular flexibility index (Phi) is 9.54. The van der Waals surface area contributed by atoms with Crippen LogP contribution in [0.25, 0.3) is 0 Å². The maximum Gasteiger partial charge on any atom is 0.332 e. The van der Waals surface area contributed by atoms with Gasteiger partial charge in [-0.05, 0) is 25.0 Å². The van der Waals surface area contributed by atoms with Gasteiger partial charge in [-0.15, -0.1) is 0 Å². The molecule has 1 saturated heterocycles. The number of hydrogen-bond acceptors (Lipinski definition) is 4. The normalized spacial score (nSPS) is 17.5. The van der Waals surface area contributed by atoms with E-state index in [1.807, 2.05) is 6.92 Å². The Morgan fingerprint density at radius 2 is 1.16 bits per heavy atom. The second-order valence-electron chi connectivity index (χ2n) is 7.10. The number of carbonyl (C=O) groups excluding carboxylic acids is 3. The molecule has 0 unspecified atom stereocenters. The molecular weight excluding hydrogens is 336 g/mol. The molecule has 25 heavy (non-hydrogen) atoms. The zero-order chi connectivity index (χ0) is 18.9. The molecule has 1 aliphatic heterocycles. The molecular formula is C19H34N2O3S. The molecule has 0 spiro atoms. The molecule has 0 aromatic rings. The van der Waals surface area contributed by atoms with Crippen LogP contribution in [0, 0.1) is 5.41 Å². The maximum absolute atomic E-state index is 12.6. The summed E-state index contributed by atoms with van der Waals surface area (Å²) in [5.74, 6) is 0.298. The summed E-state index contributed by atoms with van der Waals surface area (Å²) in [6, 6.07) is -0.531. The van der Waals surface area contributed by atoms with Gasteiger partial charge in [-0.25, -0.2) is 4.79 Å². The van der Waals surface area contributed by atoms with Crippen molar-refractivity contribution in [3.8, 4) is 0 Å². The van der Waals surface area contributed by atoms with Crippen molar-refractivity contribution in [3.05, 3.63) is 0 Å². The lowest BCUT2D eigenvalue weighted by Crippen LogP contribution is -2.62. The zero-order valence-corrected chi connectivity index (χ0v) is 16.9. The van der Waals surface area contributed by atoms with Gasteiger partial charge in [-0.3, -0.25) is 19.4 Å². The van der Waals surface area contributed by atoms with E-state index < -0.39 is 11.4 Å². The highest BCUT2D eigenvalue weighted by molar-refractivity contribution is 7.80. The van der Waals surface area contributed by atoms with Gasteiger partial charge in [-0.2, -0.15) is 12.6 Å². The van der Waals surface area contributed by atoms with Crippen molar-refractivity contribution in [3.63, 3.8) is 0 Å². The lowest BCUT2D eigenvalue weighted by molar-refractivity contribution is -0.158. The van der Waals surface area contributed by atoms with Gasteiger partial charge in [0.2, 0.25) is 11.8 Å². The van der Waals surface area contributed by atoms with E-state index >= 15 is 0 Å². The van der Waals surface area contributed by atoms with Crippen LogP contribution in [0.4, 0.5) is 4.79 Å². The molecule has 0 bridgehead atoms. The lowest BCUT2D eigenvalue weighted by atomic mass is 9.76. The number of imide groups is 2. The van der Waals surface area contributed by atoms with E-state index in [-0.39, 0.29) is 11.8 Å². The Morgan fingerprint density at radius 3 is 1.56 bits per heavy atom. The van der Waals surface area contributed by atoms with Gasteiger partial charge in [0.1, 0.15) is 5.41 Å². The van der Waals surface area contributed by atoms with Crippen molar-refractivity contribution < 1.29 is 14.4 Å². The average Bonchev–Trinajstić information content (AvgIpc) is 2.62. The van der Waals surface area contributed by atoms with E-state index in [4.69, 9.17) is 0 Å². The molecule has 0 aromatic carbocycles. The molecule has 0 radical (unpaired) electrons. The van der Waals surface area contributed by atoms with Crippen molar-refractivity contribution in [2.75, 3.05) is 19.8 Å². The molecule has 4 amide bonds. The second-order valence-corrected chi connectivity index (χ2v) is 7.55. The fraction of sp³-hybridized carbons (Fsp3) is 0.842. The van der Waals surface area contributed by atoms with Gasteiger partial charge in [0.05, 0.1) is 0 Å². The molecule has 0 atom stereocenters. The van der Waals surface area contributed by atoms with E-state index in [1.54, 1.807) is 0 Å². The fourth-order valence-corrected chi connectivity index (χ4v) is 3.82. The summed E-state index contributed by atoms with van der Waals surface area (Å²) in [6.45, 7) is 1.86. The Bertz CT molecular complexity index is 444. The van der Waals surface area contributed by atoms with Gasteiger partial charge < -0.3 is 0 Å². The van der Waals surface area contributed by atoms with Crippen LogP contribution in [-0.2, 0) is 9.59 Å². The lowest BCUT2D eigenvalue weighted by Gasteiger charge is -2.41. The highest BCUT2D eigenvalue weighted by Gasteiger charge is 2.53. The quantitative estimate of drug-likeness (QED) is 0.317. The minimum atomic E-state index is -1.05. The van der Waals surface area contributed by atoms with Gasteiger partial charge in [0.15, 0.2) is 0 Å². The molecule has 6 heteroatoms. The smallest absolute Gasteiger partial charge is 0.273 e. The SMILES string of the molecule is CCC1(CCCCCCCCCCCS)C(=O)N(C)C(=O)N(C)C1=O. The molecule has 0 saturated carbocycles. The topological polar surface area (TPSA) is 57.7 Å². The summed E-state index contributed by atoms with van der Waals surface area (Å²) in [6.07, 6.45) is 11.5. The van der Waals surface area contributed by atoms with E-state index in [0.717, 1.165) is 34.8 Å². The van der Waals surface area contributed by atoms with Crippen LogP contribution in [0.2, 0.25) is 0 Å². The van der Waals surface area contributed by atoms with E-state index in [1.165, 1.54) is 52.6 Å². The highest BCUT2D eigenvalue weighted by atomic mass is 32.1. The molecule has 0 aromatic heterocycles. The Morgan fingerprint density at radius 1 is 0.760 bits per heavy atom. The van der Waals surface area contributed by atoms with Crippen molar-refractivity contribution in [2.24, 2.45) is 5.41 Å². The van der Waals surface area contributed by atoms with Crippen LogP contribution >= 0.6 is 12.6 Å². The first kappa shape index (κ1) is 22.0. The van der Waals surface area contributed by atoms with Crippen LogP contribution in [-0.4, -0.2) is 47.5 Å². The molecule has 0 N–H and O–H groups in total. The second kappa shape index (κ2) is 10.8. The third-order valence-electron chi connectivity index (χ3n) is 5.37. The van der Waals surface area contributed by atoms with Crippen molar-refractivity contribution in [1.29, 1.82) is 0 Å². The van der Waals surface area contributed by atoms with Gasteiger partial charge in [0.25, 0.3) is 0 Å². The predicted octanol–water partition coefficient (Wildman–Crippen LogP) is 4.26. The predicted molar refractivity (Wildman–Crippen MR) is 104 cm³/mol. The number of rotatable bonds is 12. The number of hydrogen-bond donors (Lipinski definition) is 1. The molecule has 1 aliphatic rings. The molecule has 0 aliphatic carbocycles. The van der Waals surface area contributed by atoms with Gasteiger partial charge in [-0.1, -0.05) is 58.3 Å². The minimum Gasteiger partial charge on any atom is -0.273 e. The first-order valence-corrected chi connectivity index (χ1v) is 10.3. The third-order valence-corrected chi connectivity index (χ3v) is 5.68. The number of amides is 4. The zero-order valence-electron chi connectivity index (χ0n) is 16.1. The molecule has 1 rings (SSSR count). The summed E-state index contributed by atoms with van der Waals surface area (Å²) >= 11 is 4.22. The van der Waals surface area contributed by atoms with Crippen molar-refractivity contribution >= 4 is 30.5 Å². The summed E-state index contributed by atoms with van der Waals surface area (Å²) in [5, 5.41) is 0. The van der Waals surface area contributed by atoms with Gasteiger partial charge >= 0.3 is 6.03 Å². The number of barbiturate groups is 1. The summed E-state index contributed by atoms with van der Waals surface area (Å²) in [7, 11) is 2.93. The maximum atomic E-state index is 12.6. The standard InChI is InChI=1S/C19H34N2O3S/c1-4-19(16(22)20(2)18(24)21(3)17(19)23)14-12-10-8-6-5-7-9-11-13-15-25/h25H,4-15H2,1-3H3. The molecule has 144 valence electrons. The number of urea groups is 1. The fourth-order valence-electron chi connectivity index (χ4n) is 3.60. The summed E-state index contributed by atoms with van der Waals surface area (Å²) < 4.78 is 0. The van der Waals surface area contributed by atoms with Gasteiger partial charge in [0, 0.05) is 14.1 Å². The monoisotopic (exact) mass is 370 g/mol. The number of nitrogens with zero attached hydrogens (tertiary/aromatic N) is 2. The van der Waals surface area contributed by atoms with Crippen LogP contribution in [0.3, 0.4) is 0 Å². The molecule has 5 nitrogen and oxygen atoms in total. The summed E-state index contributed by atoms with van der Waals surface area (Å²) in [5.41, 5.74) is -1.05. The van der Waals surface area contributed by atoms with Crippen LogP contribution < -0.4 is 0 Å². The van der Waals surface area contributed by atoms with Crippen molar-refractivity contribution in [1.82, 2.24) is 9.80 Å². The Hall–Kier alpha value is -1.04. The van der Waals surface area contributed by atoms with Crippen molar-refractivity contribution in [2.45, 2.75) is 77.6 Å². The van der Waals surface area contributed by atoms with E-state index in [9.17, 15) is 14.4 Å². The average molecular weight is 371 g/mol. The molecule has 1 fully saturated rings. The van der Waals surface area contributed by atoms with E-state index in [2.05, 4.69) is 12.6 Å². The Balaban J connectivity index is 2.37. The first-order valence-electron chi connectivity index (χ1n) is 9.63. The minimum absolute atomic E-state index is 0.340. The van der Waals surface area contributed by atoms with E-state index in [0.29, 0.717) is 12.8 Å². The van der Waals surface area contributed by atoms with Crippen LogP contribution in [0.5, 0.6) is 0 Å². The van der Waals surface area contributed by atoms with Crippen LogP contribution in [0.1, 0.15) is 77.6 Å². The Labute approximate surface area is 157 Å². The number of carbonyl (C=O) groups is 3.